The third-order valence-electron chi connectivity index (χ3n) is 2.30. The van der Waals surface area contributed by atoms with Gasteiger partial charge in [-0.05, 0) is 12.8 Å². The minimum Gasteiger partial charge on any atom is -0.443 e. The molecular weight excluding hydrogens is 170 g/mol. The third-order valence-corrected chi connectivity index (χ3v) is 2.30. The van der Waals surface area contributed by atoms with Gasteiger partial charge in [0.1, 0.15) is 12.4 Å². The molecule has 0 bridgehead atoms. The highest BCUT2D eigenvalue weighted by Gasteiger charge is 2.20. The number of ether oxygens (including phenoxy) is 1. The highest BCUT2D eigenvalue weighted by molar-refractivity contribution is 4.98. The average Bonchev–Trinajstić information content (AvgIpc) is 2.67. The summed E-state index contributed by atoms with van der Waals surface area (Å²) in [6, 6.07) is 0. The number of aliphatic hydroxyl groups is 1. The van der Waals surface area contributed by atoms with Crippen LogP contribution in [0.15, 0.2) is 10.6 Å². The predicted octanol–water partition coefficient (Wildman–Crippen LogP) is 1.06. The Kier molecular flexibility index (Phi) is 2.61. The fourth-order valence-corrected chi connectivity index (χ4v) is 1.53. The molecule has 1 N–H and O–H groups in total. The van der Waals surface area contributed by atoms with E-state index >= 15 is 0 Å². The molecule has 2 heterocycles. The lowest BCUT2D eigenvalue weighted by Gasteiger charge is -2.18. The molecule has 0 aliphatic carbocycles. The molecule has 1 aromatic heterocycles. The molecule has 0 amide bonds. The second-order valence-corrected chi connectivity index (χ2v) is 3.21. The van der Waals surface area contributed by atoms with Crippen molar-refractivity contribution in [1.82, 2.24) is 4.98 Å². The number of hydrogen-bond acceptors (Lipinski definition) is 4. The van der Waals surface area contributed by atoms with Crippen LogP contribution in [0.1, 0.15) is 30.4 Å². The van der Waals surface area contributed by atoms with Crippen LogP contribution in [0, 0.1) is 0 Å². The fraction of sp³-hybridized carbons (Fsp3) is 0.667. The molecule has 1 aromatic rings. The lowest BCUT2D eigenvalue weighted by Crippen LogP contribution is -2.14. The number of rotatable bonds is 2. The first-order valence-corrected chi connectivity index (χ1v) is 4.53. The summed E-state index contributed by atoms with van der Waals surface area (Å²) in [4.78, 5) is 4.13. The van der Waals surface area contributed by atoms with Crippen molar-refractivity contribution in [2.24, 2.45) is 0 Å². The Bertz CT molecular complexity index is 266. The van der Waals surface area contributed by atoms with Gasteiger partial charge in [-0.1, -0.05) is 0 Å². The molecule has 0 unspecified atom stereocenters. The van der Waals surface area contributed by atoms with Crippen LogP contribution in [-0.4, -0.2) is 23.3 Å². The van der Waals surface area contributed by atoms with E-state index < -0.39 is 0 Å². The van der Waals surface area contributed by atoms with E-state index in [4.69, 9.17) is 14.3 Å². The second-order valence-electron chi connectivity index (χ2n) is 3.21. The van der Waals surface area contributed by atoms with E-state index in [0.717, 1.165) is 31.9 Å². The van der Waals surface area contributed by atoms with Gasteiger partial charge >= 0.3 is 0 Å². The predicted molar refractivity (Wildman–Crippen MR) is 45.2 cm³/mol. The lowest BCUT2D eigenvalue weighted by molar-refractivity contribution is 0.0786. The molecule has 2 rings (SSSR count). The molecule has 13 heavy (non-hydrogen) atoms. The van der Waals surface area contributed by atoms with Gasteiger partial charge in [-0.3, -0.25) is 0 Å². The van der Waals surface area contributed by atoms with Crippen LogP contribution in [0.25, 0.3) is 0 Å². The van der Waals surface area contributed by atoms with Crippen molar-refractivity contribution in [1.29, 1.82) is 0 Å². The maximum Gasteiger partial charge on any atom is 0.197 e. The van der Waals surface area contributed by atoms with Gasteiger partial charge < -0.3 is 14.3 Å². The molecule has 1 fully saturated rings. The van der Waals surface area contributed by atoms with Gasteiger partial charge in [-0.2, -0.15) is 0 Å². The smallest absolute Gasteiger partial charge is 0.197 e. The zero-order valence-corrected chi connectivity index (χ0v) is 7.40. The topological polar surface area (TPSA) is 55.5 Å². The zero-order chi connectivity index (χ0) is 9.10. The molecule has 1 aliphatic rings. The van der Waals surface area contributed by atoms with Gasteiger partial charge in [0.25, 0.3) is 0 Å². The molecule has 1 saturated heterocycles. The normalized spacial score (nSPS) is 19.2. The van der Waals surface area contributed by atoms with Crippen LogP contribution in [0.2, 0.25) is 0 Å². The van der Waals surface area contributed by atoms with E-state index in [2.05, 4.69) is 4.98 Å². The van der Waals surface area contributed by atoms with E-state index in [9.17, 15) is 0 Å². The summed E-state index contributed by atoms with van der Waals surface area (Å²) >= 11 is 0. The highest BCUT2D eigenvalue weighted by atomic mass is 16.5. The Morgan fingerprint density at radius 2 is 2.23 bits per heavy atom. The van der Waals surface area contributed by atoms with Gasteiger partial charge in [0.15, 0.2) is 5.89 Å². The minimum atomic E-state index is -0.0732. The summed E-state index contributed by atoms with van der Waals surface area (Å²) in [6.07, 6.45) is 3.52. The Labute approximate surface area is 76.5 Å². The third kappa shape index (κ3) is 1.89. The Morgan fingerprint density at radius 1 is 1.46 bits per heavy atom. The monoisotopic (exact) mass is 183 g/mol. The van der Waals surface area contributed by atoms with Crippen molar-refractivity contribution in [2.75, 3.05) is 13.2 Å². The minimum absolute atomic E-state index is 0.0732. The number of oxazole rings is 1. The van der Waals surface area contributed by atoms with E-state index in [-0.39, 0.29) is 6.61 Å². The second kappa shape index (κ2) is 3.89. The molecule has 1 aliphatic heterocycles. The van der Waals surface area contributed by atoms with Crippen LogP contribution >= 0.6 is 0 Å². The van der Waals surface area contributed by atoms with E-state index in [1.807, 2.05) is 0 Å². The Hall–Kier alpha value is -0.870. The first kappa shape index (κ1) is 8.72. The molecule has 0 saturated carbocycles. The molecule has 0 spiro atoms. The zero-order valence-electron chi connectivity index (χ0n) is 7.40. The van der Waals surface area contributed by atoms with E-state index in [1.54, 1.807) is 6.20 Å². The van der Waals surface area contributed by atoms with Crippen molar-refractivity contribution >= 4 is 0 Å². The van der Waals surface area contributed by atoms with Gasteiger partial charge in [-0.15, -0.1) is 0 Å². The maximum absolute atomic E-state index is 8.79. The molecule has 72 valence electrons. The highest BCUT2D eigenvalue weighted by Crippen LogP contribution is 2.26. The summed E-state index contributed by atoms with van der Waals surface area (Å²) in [6.45, 7) is 1.49. The lowest BCUT2D eigenvalue weighted by atomic mass is 10.0. The molecule has 0 radical (unpaired) electrons. The Morgan fingerprint density at radius 3 is 2.85 bits per heavy atom. The number of nitrogens with zero attached hydrogens (tertiary/aromatic N) is 1. The first-order chi connectivity index (χ1) is 6.40. The summed E-state index contributed by atoms with van der Waals surface area (Å²) in [5.74, 6) is 1.66. The van der Waals surface area contributed by atoms with Crippen LogP contribution < -0.4 is 0 Å². The molecular formula is C9H13NO3. The molecule has 4 heteroatoms. The van der Waals surface area contributed by atoms with Gasteiger partial charge in [0, 0.05) is 19.1 Å². The van der Waals surface area contributed by atoms with Crippen molar-refractivity contribution < 1.29 is 14.3 Å². The standard InChI is InChI=1S/C9H13NO3/c11-6-8-5-10-9(13-8)7-1-3-12-4-2-7/h5,7,11H,1-4,6H2. The van der Waals surface area contributed by atoms with Crippen LogP contribution in [0.5, 0.6) is 0 Å². The molecule has 0 atom stereocenters. The number of aliphatic hydroxyl groups excluding tert-OH is 1. The van der Waals surface area contributed by atoms with Crippen LogP contribution in [0.4, 0.5) is 0 Å². The van der Waals surface area contributed by atoms with E-state index in [0.29, 0.717) is 11.7 Å². The quantitative estimate of drug-likeness (QED) is 0.744. The van der Waals surface area contributed by atoms with Gasteiger partial charge in [-0.25, -0.2) is 4.98 Å². The largest absolute Gasteiger partial charge is 0.443 e. The van der Waals surface area contributed by atoms with Crippen molar-refractivity contribution in [3.05, 3.63) is 17.8 Å². The SMILES string of the molecule is OCc1cnc(C2CCOCC2)o1. The molecule has 4 nitrogen and oxygen atoms in total. The van der Waals surface area contributed by atoms with E-state index in [1.165, 1.54) is 0 Å². The first-order valence-electron chi connectivity index (χ1n) is 4.53. The molecule has 0 aromatic carbocycles. The van der Waals surface area contributed by atoms with Gasteiger partial charge in [0.2, 0.25) is 0 Å². The van der Waals surface area contributed by atoms with Crippen molar-refractivity contribution in [3.63, 3.8) is 0 Å². The maximum atomic E-state index is 8.79. The van der Waals surface area contributed by atoms with Crippen molar-refractivity contribution in [3.8, 4) is 0 Å². The number of aromatic nitrogens is 1. The van der Waals surface area contributed by atoms with Crippen molar-refractivity contribution in [2.45, 2.75) is 25.4 Å². The summed E-state index contributed by atoms with van der Waals surface area (Å²) in [7, 11) is 0. The summed E-state index contributed by atoms with van der Waals surface area (Å²) < 4.78 is 10.6. The van der Waals surface area contributed by atoms with Crippen LogP contribution in [-0.2, 0) is 11.3 Å². The fourth-order valence-electron chi connectivity index (χ4n) is 1.53. The average molecular weight is 183 g/mol. The van der Waals surface area contributed by atoms with Gasteiger partial charge in [0.05, 0.1) is 6.20 Å². The summed E-state index contributed by atoms with van der Waals surface area (Å²) in [5.41, 5.74) is 0. The number of hydrogen-bond donors (Lipinski definition) is 1. The Balaban J connectivity index is 2.05. The van der Waals surface area contributed by atoms with Crippen LogP contribution in [0.3, 0.4) is 0 Å². The summed E-state index contributed by atoms with van der Waals surface area (Å²) in [5, 5.41) is 8.79.